The second kappa shape index (κ2) is 6.83. The quantitative estimate of drug-likeness (QED) is 0.816. The normalized spacial score (nSPS) is 12.3. The van der Waals surface area contributed by atoms with E-state index in [1.165, 1.54) is 17.7 Å². The largest absolute Gasteiger partial charge is 0.259 e. The lowest BCUT2D eigenvalue weighted by molar-refractivity contribution is 0.627. The molecule has 0 spiro atoms. The minimum absolute atomic E-state index is 0.341. The Hall–Kier alpha value is -1.19. The van der Waals surface area contributed by atoms with E-state index >= 15 is 0 Å². The third-order valence-corrected chi connectivity index (χ3v) is 4.44. The van der Waals surface area contributed by atoms with Crippen molar-refractivity contribution in [3.63, 3.8) is 0 Å². The summed E-state index contributed by atoms with van der Waals surface area (Å²) >= 11 is 5.92. The second-order valence-electron chi connectivity index (χ2n) is 4.26. The van der Waals surface area contributed by atoms with E-state index in [-0.39, 0.29) is 5.82 Å². The van der Waals surface area contributed by atoms with Crippen LogP contribution in [0.5, 0.6) is 0 Å². The molecule has 1 nitrogen and oxygen atoms in total. The van der Waals surface area contributed by atoms with Crippen LogP contribution in [0.2, 0.25) is 5.02 Å². The van der Waals surface area contributed by atoms with Crippen molar-refractivity contribution in [3.05, 3.63) is 70.5 Å². The zero-order valence-electron chi connectivity index (χ0n) is 10.3. The SMILES string of the molecule is O=S(CCc1ccccc1)Cc1ccc(F)cc1Cl. The lowest BCUT2D eigenvalue weighted by Crippen LogP contribution is -2.04. The number of rotatable bonds is 5. The highest BCUT2D eigenvalue weighted by Crippen LogP contribution is 2.19. The van der Waals surface area contributed by atoms with Gasteiger partial charge in [0.2, 0.25) is 0 Å². The first-order valence-corrected chi connectivity index (χ1v) is 7.84. The lowest BCUT2D eigenvalue weighted by atomic mass is 10.2. The maximum Gasteiger partial charge on any atom is 0.124 e. The van der Waals surface area contributed by atoms with E-state index in [1.54, 1.807) is 6.07 Å². The van der Waals surface area contributed by atoms with Gasteiger partial charge in [-0.25, -0.2) is 4.39 Å². The van der Waals surface area contributed by atoms with Crippen LogP contribution in [0.25, 0.3) is 0 Å². The molecular weight excluding hydrogens is 283 g/mol. The Bertz CT molecular complexity index is 572. The molecule has 0 aliphatic carbocycles. The maximum atomic E-state index is 12.9. The molecule has 0 aliphatic rings. The Kier molecular flexibility index (Phi) is 5.11. The first-order chi connectivity index (χ1) is 9.15. The number of benzene rings is 2. The lowest BCUT2D eigenvalue weighted by Gasteiger charge is -2.05. The van der Waals surface area contributed by atoms with Gasteiger partial charge in [0.25, 0.3) is 0 Å². The van der Waals surface area contributed by atoms with Crippen LogP contribution in [0.4, 0.5) is 4.39 Å². The molecule has 1 unspecified atom stereocenters. The van der Waals surface area contributed by atoms with E-state index in [0.29, 0.717) is 16.5 Å². The summed E-state index contributed by atoms with van der Waals surface area (Å²) in [5, 5.41) is 0.341. The van der Waals surface area contributed by atoms with Crippen LogP contribution >= 0.6 is 11.6 Å². The van der Waals surface area contributed by atoms with Gasteiger partial charge in [0.15, 0.2) is 0 Å². The molecule has 0 radical (unpaired) electrons. The van der Waals surface area contributed by atoms with Crippen molar-refractivity contribution in [1.29, 1.82) is 0 Å². The van der Waals surface area contributed by atoms with Crippen molar-refractivity contribution in [3.8, 4) is 0 Å². The fourth-order valence-corrected chi connectivity index (χ4v) is 3.28. The van der Waals surface area contributed by atoms with Crippen LogP contribution in [0.3, 0.4) is 0 Å². The minimum Gasteiger partial charge on any atom is -0.259 e. The predicted octanol–water partition coefficient (Wildman–Crippen LogP) is 3.97. The highest BCUT2D eigenvalue weighted by Gasteiger charge is 2.07. The van der Waals surface area contributed by atoms with Crippen molar-refractivity contribution in [2.75, 3.05) is 5.75 Å². The zero-order valence-corrected chi connectivity index (χ0v) is 11.9. The van der Waals surface area contributed by atoms with Gasteiger partial charge in [0.05, 0.1) is 5.75 Å². The van der Waals surface area contributed by atoms with Crippen LogP contribution in [0, 0.1) is 5.82 Å². The summed E-state index contributed by atoms with van der Waals surface area (Å²) in [4.78, 5) is 0. The molecule has 0 aliphatic heterocycles. The molecule has 2 rings (SSSR count). The molecule has 0 amide bonds. The van der Waals surface area contributed by atoms with E-state index in [1.807, 2.05) is 30.3 Å². The topological polar surface area (TPSA) is 17.1 Å². The standard InChI is InChI=1S/C15H14ClFOS/c16-15-10-14(17)7-6-13(15)11-19(18)9-8-12-4-2-1-3-5-12/h1-7,10H,8-9,11H2. The van der Waals surface area contributed by atoms with Gasteiger partial charge in [-0.1, -0.05) is 48.0 Å². The van der Waals surface area contributed by atoms with Crippen molar-refractivity contribution < 1.29 is 8.60 Å². The highest BCUT2D eigenvalue weighted by molar-refractivity contribution is 7.84. The van der Waals surface area contributed by atoms with E-state index in [4.69, 9.17) is 11.6 Å². The van der Waals surface area contributed by atoms with Gasteiger partial charge in [-0.15, -0.1) is 0 Å². The van der Waals surface area contributed by atoms with Crippen molar-refractivity contribution in [2.24, 2.45) is 0 Å². The minimum atomic E-state index is -0.995. The van der Waals surface area contributed by atoms with Crippen LogP contribution in [0.1, 0.15) is 11.1 Å². The van der Waals surface area contributed by atoms with Gasteiger partial charge < -0.3 is 0 Å². The fourth-order valence-electron chi connectivity index (χ4n) is 1.76. The molecule has 0 fully saturated rings. The molecule has 4 heteroatoms. The molecule has 100 valence electrons. The third-order valence-electron chi connectivity index (χ3n) is 2.79. The Morgan fingerprint density at radius 3 is 2.53 bits per heavy atom. The Morgan fingerprint density at radius 1 is 1.11 bits per heavy atom. The van der Waals surface area contributed by atoms with Crippen LogP contribution < -0.4 is 0 Å². The monoisotopic (exact) mass is 296 g/mol. The molecule has 0 aromatic heterocycles. The average Bonchev–Trinajstić information content (AvgIpc) is 2.41. The van der Waals surface area contributed by atoms with Gasteiger partial charge in [0, 0.05) is 21.6 Å². The molecule has 0 saturated carbocycles. The molecule has 1 atom stereocenters. The molecule has 2 aromatic rings. The number of hydrogen-bond acceptors (Lipinski definition) is 1. The summed E-state index contributed by atoms with van der Waals surface area (Å²) in [5.41, 5.74) is 1.90. The maximum absolute atomic E-state index is 12.9. The summed E-state index contributed by atoms with van der Waals surface area (Å²) in [6, 6.07) is 14.1. The predicted molar refractivity (Wildman–Crippen MR) is 78.3 cm³/mol. The van der Waals surface area contributed by atoms with Crippen LogP contribution in [0.15, 0.2) is 48.5 Å². The van der Waals surface area contributed by atoms with Gasteiger partial charge in [0.1, 0.15) is 5.82 Å². The summed E-state index contributed by atoms with van der Waals surface area (Å²) < 4.78 is 24.9. The zero-order chi connectivity index (χ0) is 13.7. The van der Waals surface area contributed by atoms with E-state index < -0.39 is 10.8 Å². The van der Waals surface area contributed by atoms with Crippen molar-refractivity contribution in [2.45, 2.75) is 12.2 Å². The number of hydrogen-bond donors (Lipinski definition) is 0. The Labute approximate surface area is 119 Å². The van der Waals surface area contributed by atoms with Gasteiger partial charge in [-0.3, -0.25) is 4.21 Å². The molecule has 0 heterocycles. The van der Waals surface area contributed by atoms with E-state index in [0.717, 1.165) is 12.0 Å². The first-order valence-electron chi connectivity index (χ1n) is 5.98. The average molecular weight is 297 g/mol. The smallest absolute Gasteiger partial charge is 0.124 e. The molecule has 2 aromatic carbocycles. The van der Waals surface area contributed by atoms with E-state index in [2.05, 4.69) is 0 Å². The molecule has 0 saturated heterocycles. The number of aryl methyl sites for hydroxylation is 1. The van der Waals surface area contributed by atoms with Crippen molar-refractivity contribution in [1.82, 2.24) is 0 Å². The molecule has 0 bridgehead atoms. The van der Waals surface area contributed by atoms with Gasteiger partial charge >= 0.3 is 0 Å². The molecular formula is C15H14ClFOS. The third kappa shape index (κ3) is 4.44. The second-order valence-corrected chi connectivity index (χ2v) is 6.24. The van der Waals surface area contributed by atoms with Crippen molar-refractivity contribution >= 4 is 22.4 Å². The highest BCUT2D eigenvalue weighted by atomic mass is 35.5. The Balaban J connectivity index is 1.91. The number of halogens is 2. The van der Waals surface area contributed by atoms with E-state index in [9.17, 15) is 8.60 Å². The van der Waals surface area contributed by atoms with Gasteiger partial charge in [-0.2, -0.15) is 0 Å². The summed E-state index contributed by atoms with van der Waals surface area (Å²) in [6.07, 6.45) is 0.770. The summed E-state index contributed by atoms with van der Waals surface area (Å²) in [7, 11) is -0.995. The van der Waals surface area contributed by atoms with Crippen LogP contribution in [-0.4, -0.2) is 9.96 Å². The first kappa shape index (κ1) is 14.2. The van der Waals surface area contributed by atoms with Crippen LogP contribution in [-0.2, 0) is 23.0 Å². The summed E-state index contributed by atoms with van der Waals surface area (Å²) in [5.74, 6) is 0.577. The summed E-state index contributed by atoms with van der Waals surface area (Å²) in [6.45, 7) is 0. The fraction of sp³-hybridized carbons (Fsp3) is 0.200. The molecule has 0 N–H and O–H groups in total. The van der Waals surface area contributed by atoms with Gasteiger partial charge in [-0.05, 0) is 29.7 Å². The molecule has 19 heavy (non-hydrogen) atoms. The Morgan fingerprint density at radius 2 is 1.84 bits per heavy atom.